The Bertz CT molecular complexity index is 1270. The first-order valence-electron chi connectivity index (χ1n) is 10.8. The van der Waals surface area contributed by atoms with E-state index in [0.29, 0.717) is 21.4 Å². The molecule has 0 aliphatic carbocycles. The van der Waals surface area contributed by atoms with Gasteiger partial charge in [0.05, 0.1) is 35.1 Å². The number of ether oxygens (including phenoxy) is 2. The molecule has 0 saturated carbocycles. The monoisotopic (exact) mass is 501 g/mol. The molecule has 0 spiro atoms. The first kappa shape index (κ1) is 23.8. The van der Waals surface area contributed by atoms with E-state index < -0.39 is 12.2 Å². The molecule has 8 nitrogen and oxygen atoms in total. The number of hydrogen-bond donors (Lipinski definition) is 1. The predicted octanol–water partition coefficient (Wildman–Crippen LogP) is 4.27. The quantitative estimate of drug-likeness (QED) is 0.498. The number of nitrogens with zero attached hydrogens (tertiary/aromatic N) is 2. The summed E-state index contributed by atoms with van der Waals surface area (Å²) in [5, 5.41) is 2.79. The highest BCUT2D eigenvalue weighted by Crippen LogP contribution is 2.27. The van der Waals surface area contributed by atoms with Crippen LogP contribution in [0.25, 0.3) is 5.69 Å². The van der Waals surface area contributed by atoms with Crippen molar-refractivity contribution >= 4 is 40.6 Å². The Morgan fingerprint density at radius 3 is 2.79 bits per heavy atom. The second-order valence-corrected chi connectivity index (χ2v) is 9.46. The summed E-state index contributed by atoms with van der Waals surface area (Å²) in [5.41, 5.74) is 2.08. The number of anilines is 1. The molecule has 0 unspecified atom stereocenters. The normalized spacial score (nSPS) is 15.3. The maximum absolute atomic E-state index is 12.7. The SMILES string of the molecule is CCCc1cc(N2C[C@H](CNC(=O)c3ccc(Cl)s3)OC2=O)ccc1-n1cccc(OC)c1=O. The lowest BCUT2D eigenvalue weighted by molar-refractivity contribution is 0.0920. The standard InChI is InChI=1S/C24H24ClN3O5S/c1-3-5-15-12-16(7-8-18(15)27-11-4-6-19(32-2)23(27)30)28-14-17(33-24(28)31)13-26-22(29)20-9-10-21(25)34-20/h4,6-12,17H,3,5,13-14H2,1-2H3,(H,26,29)/t17-/m0/s1. The van der Waals surface area contributed by atoms with Gasteiger partial charge in [-0.15, -0.1) is 11.3 Å². The number of hydrogen-bond acceptors (Lipinski definition) is 6. The van der Waals surface area contributed by atoms with Gasteiger partial charge in [-0.25, -0.2) is 4.79 Å². The Morgan fingerprint density at radius 1 is 1.26 bits per heavy atom. The Morgan fingerprint density at radius 2 is 2.09 bits per heavy atom. The molecule has 1 N–H and O–H groups in total. The smallest absolute Gasteiger partial charge is 0.414 e. The summed E-state index contributed by atoms with van der Waals surface area (Å²) in [7, 11) is 1.46. The van der Waals surface area contributed by atoms with Crippen LogP contribution in [0.2, 0.25) is 4.34 Å². The average molecular weight is 502 g/mol. The van der Waals surface area contributed by atoms with Crippen LogP contribution < -0.4 is 20.5 Å². The number of carbonyl (C=O) groups is 2. The lowest BCUT2D eigenvalue weighted by atomic mass is 10.1. The third kappa shape index (κ3) is 4.95. The van der Waals surface area contributed by atoms with Crippen LogP contribution in [-0.4, -0.2) is 42.9 Å². The number of nitrogens with one attached hydrogen (secondary N) is 1. The van der Waals surface area contributed by atoms with Crippen LogP contribution in [0.3, 0.4) is 0 Å². The van der Waals surface area contributed by atoms with E-state index in [0.717, 1.165) is 24.1 Å². The van der Waals surface area contributed by atoms with Crippen molar-refractivity contribution in [2.45, 2.75) is 25.9 Å². The predicted molar refractivity (Wildman–Crippen MR) is 132 cm³/mol. The highest BCUT2D eigenvalue weighted by atomic mass is 35.5. The summed E-state index contributed by atoms with van der Waals surface area (Å²) >= 11 is 7.07. The number of halogens is 1. The molecule has 0 bridgehead atoms. The molecule has 2 amide bonds. The van der Waals surface area contributed by atoms with Crippen molar-refractivity contribution in [3.63, 3.8) is 0 Å². The van der Waals surface area contributed by atoms with E-state index in [9.17, 15) is 14.4 Å². The maximum Gasteiger partial charge on any atom is 0.414 e. The van der Waals surface area contributed by atoms with Gasteiger partial charge in [-0.1, -0.05) is 24.9 Å². The molecule has 10 heteroatoms. The number of aryl methyl sites for hydroxylation is 1. The molecule has 1 aromatic carbocycles. The van der Waals surface area contributed by atoms with Gasteiger partial charge in [0, 0.05) is 11.9 Å². The van der Waals surface area contributed by atoms with E-state index in [1.54, 1.807) is 41.1 Å². The van der Waals surface area contributed by atoms with Crippen LogP contribution >= 0.6 is 22.9 Å². The van der Waals surface area contributed by atoms with Crippen molar-refractivity contribution in [3.8, 4) is 11.4 Å². The van der Waals surface area contributed by atoms with Crippen molar-refractivity contribution in [2.24, 2.45) is 0 Å². The lowest BCUT2D eigenvalue weighted by Gasteiger charge is -2.18. The zero-order chi connectivity index (χ0) is 24.2. The van der Waals surface area contributed by atoms with Gasteiger partial charge in [0.15, 0.2) is 5.75 Å². The Kier molecular flexibility index (Phi) is 7.23. The van der Waals surface area contributed by atoms with Crippen molar-refractivity contribution in [1.82, 2.24) is 9.88 Å². The van der Waals surface area contributed by atoms with Crippen molar-refractivity contribution in [1.29, 1.82) is 0 Å². The Labute approximate surface area is 205 Å². The van der Waals surface area contributed by atoms with Crippen molar-refractivity contribution < 1.29 is 19.1 Å². The van der Waals surface area contributed by atoms with E-state index in [1.807, 2.05) is 12.1 Å². The minimum absolute atomic E-state index is 0.190. The second-order valence-electron chi connectivity index (χ2n) is 7.74. The summed E-state index contributed by atoms with van der Waals surface area (Å²) in [6.45, 7) is 2.54. The van der Waals surface area contributed by atoms with Crippen LogP contribution in [0.1, 0.15) is 28.6 Å². The van der Waals surface area contributed by atoms with Crippen LogP contribution in [-0.2, 0) is 11.2 Å². The van der Waals surface area contributed by atoms with E-state index in [-0.39, 0.29) is 23.8 Å². The average Bonchev–Trinajstić information content (AvgIpc) is 3.43. The van der Waals surface area contributed by atoms with E-state index >= 15 is 0 Å². The summed E-state index contributed by atoms with van der Waals surface area (Å²) in [5.74, 6) is -0.00318. The zero-order valence-corrected chi connectivity index (χ0v) is 20.3. The highest BCUT2D eigenvalue weighted by molar-refractivity contribution is 7.18. The van der Waals surface area contributed by atoms with Gasteiger partial charge in [0.25, 0.3) is 11.5 Å². The van der Waals surface area contributed by atoms with Crippen molar-refractivity contribution in [3.05, 3.63) is 73.8 Å². The number of methoxy groups -OCH3 is 1. The fraction of sp³-hybridized carbons (Fsp3) is 0.292. The van der Waals surface area contributed by atoms with E-state index in [1.165, 1.54) is 23.3 Å². The number of carbonyl (C=O) groups excluding carboxylic acids is 2. The van der Waals surface area contributed by atoms with Crippen molar-refractivity contribution in [2.75, 3.05) is 25.1 Å². The van der Waals surface area contributed by atoms with Gasteiger partial charge in [-0.3, -0.25) is 19.1 Å². The molecule has 1 aliphatic heterocycles. The van der Waals surface area contributed by atoms with E-state index in [2.05, 4.69) is 12.2 Å². The number of aromatic nitrogens is 1. The lowest BCUT2D eigenvalue weighted by Crippen LogP contribution is -2.34. The Hall–Kier alpha value is -3.30. The highest BCUT2D eigenvalue weighted by Gasteiger charge is 2.33. The molecular formula is C24H24ClN3O5S. The summed E-state index contributed by atoms with van der Waals surface area (Å²) in [6, 6.07) is 12.2. The molecular weight excluding hydrogens is 478 g/mol. The molecule has 34 heavy (non-hydrogen) atoms. The van der Waals surface area contributed by atoms with E-state index in [4.69, 9.17) is 21.1 Å². The van der Waals surface area contributed by atoms with Crippen LogP contribution in [0, 0.1) is 0 Å². The molecule has 3 heterocycles. The van der Waals surface area contributed by atoms with Gasteiger partial charge in [0.2, 0.25) is 0 Å². The molecule has 0 radical (unpaired) electrons. The Balaban J connectivity index is 1.51. The van der Waals surface area contributed by atoms with Gasteiger partial charge in [-0.05, 0) is 54.4 Å². The minimum Gasteiger partial charge on any atom is -0.491 e. The van der Waals surface area contributed by atoms with Gasteiger partial charge in [0.1, 0.15) is 6.10 Å². The molecule has 1 saturated heterocycles. The number of pyridine rings is 1. The largest absolute Gasteiger partial charge is 0.491 e. The number of rotatable bonds is 8. The topological polar surface area (TPSA) is 89.9 Å². The first-order chi connectivity index (χ1) is 16.4. The van der Waals surface area contributed by atoms with Crippen LogP contribution in [0.15, 0.2) is 53.5 Å². The number of amides is 2. The van der Waals surface area contributed by atoms with Gasteiger partial charge < -0.3 is 14.8 Å². The fourth-order valence-corrected chi connectivity index (χ4v) is 4.79. The summed E-state index contributed by atoms with van der Waals surface area (Å²) in [4.78, 5) is 39.6. The molecule has 1 fully saturated rings. The second kappa shape index (κ2) is 10.3. The molecule has 1 atom stereocenters. The fourth-order valence-electron chi connectivity index (χ4n) is 3.83. The maximum atomic E-state index is 12.7. The van der Waals surface area contributed by atoms with Crippen LogP contribution in [0.4, 0.5) is 10.5 Å². The number of thiophene rings is 1. The molecule has 4 rings (SSSR count). The first-order valence-corrected chi connectivity index (χ1v) is 12.0. The van der Waals surface area contributed by atoms with Gasteiger partial charge in [-0.2, -0.15) is 0 Å². The summed E-state index contributed by atoms with van der Waals surface area (Å²) in [6.07, 6.45) is 2.32. The number of benzene rings is 1. The molecule has 2 aromatic heterocycles. The summed E-state index contributed by atoms with van der Waals surface area (Å²) < 4.78 is 12.7. The molecule has 1 aliphatic rings. The van der Waals surface area contributed by atoms with Crippen LogP contribution in [0.5, 0.6) is 5.75 Å². The number of cyclic esters (lactones) is 1. The zero-order valence-electron chi connectivity index (χ0n) is 18.7. The molecule has 3 aromatic rings. The van der Waals surface area contributed by atoms with Gasteiger partial charge >= 0.3 is 6.09 Å². The molecule has 178 valence electrons. The third-order valence-corrected chi connectivity index (χ3v) is 6.68. The minimum atomic E-state index is -0.484. The third-order valence-electron chi connectivity index (χ3n) is 5.45.